The summed E-state index contributed by atoms with van der Waals surface area (Å²) in [7, 11) is 0. The maximum Gasteiger partial charge on any atom is 0.215 e. The molecule has 13 heavy (non-hydrogen) atoms. The summed E-state index contributed by atoms with van der Waals surface area (Å²) < 4.78 is 5.04. The van der Waals surface area contributed by atoms with Gasteiger partial charge in [0.2, 0.25) is 5.90 Å². The normalized spacial score (nSPS) is 9.23. The SMILES string of the molecule is C=CCOC(=N)c1ccccc1N. The Hall–Kier alpha value is -1.77. The van der Waals surface area contributed by atoms with Crippen LogP contribution in [0.15, 0.2) is 36.9 Å². The van der Waals surface area contributed by atoms with E-state index in [2.05, 4.69) is 6.58 Å². The van der Waals surface area contributed by atoms with Crippen LogP contribution >= 0.6 is 0 Å². The van der Waals surface area contributed by atoms with Crippen molar-refractivity contribution in [1.29, 1.82) is 5.41 Å². The Kier molecular flexibility index (Phi) is 3.09. The van der Waals surface area contributed by atoms with Crippen molar-refractivity contribution in [3.8, 4) is 0 Å². The third kappa shape index (κ3) is 2.33. The van der Waals surface area contributed by atoms with Crippen LogP contribution in [0.5, 0.6) is 0 Å². The van der Waals surface area contributed by atoms with E-state index in [1.165, 1.54) is 0 Å². The van der Waals surface area contributed by atoms with Crippen molar-refractivity contribution in [1.82, 2.24) is 0 Å². The summed E-state index contributed by atoms with van der Waals surface area (Å²) in [5.41, 5.74) is 6.81. The minimum absolute atomic E-state index is 0.0815. The number of hydrogen-bond acceptors (Lipinski definition) is 3. The molecule has 0 aliphatic carbocycles. The fraction of sp³-hybridized carbons (Fsp3) is 0.100. The topological polar surface area (TPSA) is 59.1 Å². The van der Waals surface area contributed by atoms with Gasteiger partial charge in [0.25, 0.3) is 0 Å². The number of nitrogen functional groups attached to an aromatic ring is 1. The van der Waals surface area contributed by atoms with E-state index < -0.39 is 0 Å². The number of hydrogen-bond donors (Lipinski definition) is 2. The minimum atomic E-state index is 0.0815. The molecule has 0 heterocycles. The molecule has 0 fully saturated rings. The molecule has 1 aromatic rings. The van der Waals surface area contributed by atoms with E-state index in [4.69, 9.17) is 15.9 Å². The highest BCUT2D eigenvalue weighted by Crippen LogP contribution is 2.11. The summed E-state index contributed by atoms with van der Waals surface area (Å²) in [5, 5.41) is 7.52. The molecule has 0 aromatic heterocycles. The van der Waals surface area contributed by atoms with E-state index in [-0.39, 0.29) is 5.90 Å². The lowest BCUT2D eigenvalue weighted by molar-refractivity contribution is 0.349. The zero-order valence-electron chi connectivity index (χ0n) is 7.29. The quantitative estimate of drug-likeness (QED) is 0.319. The van der Waals surface area contributed by atoms with Crippen LogP contribution in [0, 0.1) is 5.41 Å². The first-order chi connectivity index (χ1) is 6.25. The van der Waals surface area contributed by atoms with Gasteiger partial charge in [-0.1, -0.05) is 24.8 Å². The Bertz CT molecular complexity index is 320. The fourth-order valence-electron chi connectivity index (χ4n) is 0.924. The zero-order valence-corrected chi connectivity index (χ0v) is 7.29. The number of benzene rings is 1. The molecule has 1 rings (SSSR count). The van der Waals surface area contributed by atoms with E-state index in [1.54, 1.807) is 18.2 Å². The molecule has 0 radical (unpaired) electrons. The van der Waals surface area contributed by atoms with Crippen LogP contribution < -0.4 is 5.73 Å². The molecule has 0 bridgehead atoms. The van der Waals surface area contributed by atoms with Gasteiger partial charge in [-0.05, 0) is 12.1 Å². The van der Waals surface area contributed by atoms with Gasteiger partial charge in [-0.2, -0.15) is 0 Å². The number of nitrogens with one attached hydrogen (secondary N) is 1. The van der Waals surface area contributed by atoms with E-state index in [0.29, 0.717) is 17.9 Å². The van der Waals surface area contributed by atoms with Crippen LogP contribution in [0.4, 0.5) is 5.69 Å². The Labute approximate surface area is 77.3 Å². The molecule has 0 saturated heterocycles. The standard InChI is InChI=1S/C10H12N2O/c1-2-7-13-10(12)8-5-3-4-6-9(8)11/h2-6,12H,1,7,11H2. The molecule has 68 valence electrons. The lowest BCUT2D eigenvalue weighted by atomic mass is 10.2. The van der Waals surface area contributed by atoms with Crippen LogP contribution in [0.25, 0.3) is 0 Å². The molecule has 0 amide bonds. The molecule has 0 aliphatic rings. The molecule has 0 aliphatic heterocycles. The lowest BCUT2D eigenvalue weighted by Crippen LogP contribution is -2.07. The summed E-state index contributed by atoms with van der Waals surface area (Å²) in [4.78, 5) is 0. The Morgan fingerprint density at radius 3 is 2.85 bits per heavy atom. The fourth-order valence-corrected chi connectivity index (χ4v) is 0.924. The van der Waals surface area contributed by atoms with Gasteiger partial charge >= 0.3 is 0 Å². The zero-order chi connectivity index (χ0) is 9.68. The van der Waals surface area contributed by atoms with Gasteiger partial charge < -0.3 is 10.5 Å². The molecule has 0 saturated carbocycles. The molecule has 3 heteroatoms. The second kappa shape index (κ2) is 4.30. The van der Waals surface area contributed by atoms with Crippen LogP contribution in [-0.2, 0) is 4.74 Å². The van der Waals surface area contributed by atoms with Gasteiger partial charge in [-0.3, -0.25) is 5.41 Å². The largest absolute Gasteiger partial charge is 0.473 e. The van der Waals surface area contributed by atoms with Crippen LogP contribution in [0.2, 0.25) is 0 Å². The summed E-state index contributed by atoms with van der Waals surface area (Å²) in [6.45, 7) is 3.82. The lowest BCUT2D eigenvalue weighted by Gasteiger charge is -2.06. The Morgan fingerprint density at radius 2 is 2.23 bits per heavy atom. The van der Waals surface area contributed by atoms with Gasteiger partial charge in [-0.25, -0.2) is 0 Å². The number of nitrogens with two attached hydrogens (primary N) is 1. The average molecular weight is 176 g/mol. The maximum absolute atomic E-state index is 7.52. The van der Waals surface area contributed by atoms with E-state index >= 15 is 0 Å². The van der Waals surface area contributed by atoms with Crippen LogP contribution in [0.3, 0.4) is 0 Å². The number of ether oxygens (including phenoxy) is 1. The highest BCUT2D eigenvalue weighted by Gasteiger charge is 2.04. The molecule has 1 aromatic carbocycles. The first-order valence-corrected chi connectivity index (χ1v) is 3.93. The van der Waals surface area contributed by atoms with Crippen molar-refractivity contribution >= 4 is 11.6 Å². The first-order valence-electron chi connectivity index (χ1n) is 3.93. The molecule has 0 spiro atoms. The Morgan fingerprint density at radius 1 is 1.54 bits per heavy atom. The monoisotopic (exact) mass is 176 g/mol. The van der Waals surface area contributed by atoms with Crippen LogP contribution in [0.1, 0.15) is 5.56 Å². The van der Waals surface area contributed by atoms with Gasteiger partial charge in [0.15, 0.2) is 0 Å². The first kappa shape index (κ1) is 9.32. The van der Waals surface area contributed by atoms with Gasteiger partial charge in [0.05, 0.1) is 5.56 Å². The van der Waals surface area contributed by atoms with Crippen molar-refractivity contribution in [2.45, 2.75) is 0 Å². The van der Waals surface area contributed by atoms with Crippen LogP contribution in [-0.4, -0.2) is 12.5 Å². The van der Waals surface area contributed by atoms with Gasteiger partial charge in [0.1, 0.15) is 6.61 Å². The summed E-state index contributed by atoms with van der Waals surface area (Å²) in [6, 6.07) is 7.12. The van der Waals surface area contributed by atoms with Crippen molar-refractivity contribution in [3.05, 3.63) is 42.5 Å². The molecule has 3 nitrogen and oxygen atoms in total. The van der Waals surface area contributed by atoms with E-state index in [1.807, 2.05) is 12.1 Å². The number of anilines is 1. The van der Waals surface area contributed by atoms with E-state index in [0.717, 1.165) is 0 Å². The molecular weight excluding hydrogens is 164 g/mol. The van der Waals surface area contributed by atoms with Crippen molar-refractivity contribution in [2.75, 3.05) is 12.3 Å². The Balaban J connectivity index is 2.76. The summed E-state index contributed by atoms with van der Waals surface area (Å²) in [5.74, 6) is 0.0815. The van der Waals surface area contributed by atoms with Gasteiger partial charge in [0, 0.05) is 5.69 Å². The highest BCUT2D eigenvalue weighted by molar-refractivity contribution is 5.96. The third-order valence-corrected chi connectivity index (χ3v) is 1.55. The van der Waals surface area contributed by atoms with Crippen molar-refractivity contribution < 1.29 is 4.74 Å². The number of rotatable bonds is 3. The number of para-hydroxylation sites is 1. The smallest absolute Gasteiger partial charge is 0.215 e. The molecular formula is C10H12N2O. The molecule has 3 N–H and O–H groups in total. The third-order valence-electron chi connectivity index (χ3n) is 1.55. The average Bonchev–Trinajstić information content (AvgIpc) is 2.15. The van der Waals surface area contributed by atoms with Crippen molar-refractivity contribution in [2.24, 2.45) is 0 Å². The molecule has 0 atom stereocenters. The van der Waals surface area contributed by atoms with E-state index in [9.17, 15) is 0 Å². The summed E-state index contributed by atoms with van der Waals surface area (Å²) >= 11 is 0. The molecule has 0 unspecified atom stereocenters. The second-order valence-electron chi connectivity index (χ2n) is 2.52. The maximum atomic E-state index is 7.52. The predicted octanol–water partition coefficient (Wildman–Crippen LogP) is 1.80. The predicted molar refractivity (Wildman–Crippen MR) is 53.8 cm³/mol. The van der Waals surface area contributed by atoms with Gasteiger partial charge in [-0.15, -0.1) is 0 Å². The summed E-state index contributed by atoms with van der Waals surface area (Å²) in [6.07, 6.45) is 1.59. The second-order valence-corrected chi connectivity index (χ2v) is 2.52. The van der Waals surface area contributed by atoms with Crippen molar-refractivity contribution in [3.63, 3.8) is 0 Å². The highest BCUT2D eigenvalue weighted by atomic mass is 16.5. The minimum Gasteiger partial charge on any atom is -0.473 e.